The number of hydrogen-bond acceptors (Lipinski definition) is 2. The molecule has 3 rings (SSSR count). The Hall–Kier alpha value is -1.25. The van der Waals surface area contributed by atoms with Crippen molar-refractivity contribution in [2.75, 3.05) is 23.7 Å². The smallest absolute Gasteiger partial charge is 0.148 e. The molecule has 1 aliphatic carbocycles. The van der Waals surface area contributed by atoms with Gasteiger partial charge in [-0.3, -0.25) is 0 Å². The van der Waals surface area contributed by atoms with Crippen LogP contribution in [0.4, 0.5) is 15.8 Å². The van der Waals surface area contributed by atoms with Crippen molar-refractivity contribution >= 4 is 11.4 Å². The molecule has 0 aromatic heterocycles. The Bertz CT molecular complexity index is 436. The van der Waals surface area contributed by atoms with Crippen LogP contribution in [0.5, 0.6) is 0 Å². The van der Waals surface area contributed by atoms with Crippen LogP contribution in [0.2, 0.25) is 0 Å². The first-order valence-electron chi connectivity index (χ1n) is 6.95. The number of anilines is 2. The van der Waals surface area contributed by atoms with Crippen molar-refractivity contribution in [2.24, 2.45) is 11.3 Å². The predicted octanol–water partition coefficient (Wildman–Crippen LogP) is 3.86. The minimum atomic E-state index is -0.152. The highest BCUT2D eigenvalue weighted by molar-refractivity contribution is 5.70. The zero-order valence-electron chi connectivity index (χ0n) is 10.9. The summed E-state index contributed by atoms with van der Waals surface area (Å²) in [5.74, 6) is 0.694. The zero-order valence-corrected chi connectivity index (χ0v) is 10.9. The summed E-state index contributed by atoms with van der Waals surface area (Å²) < 4.78 is 13.8. The van der Waals surface area contributed by atoms with Crippen molar-refractivity contribution in [1.82, 2.24) is 0 Å². The highest BCUT2D eigenvalue weighted by Crippen LogP contribution is 2.42. The normalized spacial score (nSPS) is 31.1. The summed E-state index contributed by atoms with van der Waals surface area (Å²) in [6.45, 7) is 4.18. The maximum Gasteiger partial charge on any atom is 0.148 e. The molecule has 98 valence electrons. The number of halogens is 1. The van der Waals surface area contributed by atoms with Gasteiger partial charge in [-0.15, -0.1) is 0 Å². The number of para-hydroxylation sites is 1. The topological polar surface area (TPSA) is 24.1 Å². The highest BCUT2D eigenvalue weighted by atomic mass is 19.1. The third-order valence-electron chi connectivity index (χ3n) is 4.64. The number of hydrogen-bond donors (Lipinski definition) is 2. The molecular formula is C15H21FN2. The van der Waals surface area contributed by atoms with Gasteiger partial charge in [-0.2, -0.15) is 0 Å². The van der Waals surface area contributed by atoms with Gasteiger partial charge in [-0.05, 0) is 30.9 Å². The molecule has 1 aliphatic heterocycles. The summed E-state index contributed by atoms with van der Waals surface area (Å²) in [4.78, 5) is 0. The molecule has 0 amide bonds. The van der Waals surface area contributed by atoms with Crippen LogP contribution in [0.1, 0.15) is 32.6 Å². The summed E-state index contributed by atoms with van der Waals surface area (Å²) in [6.07, 6.45) is 5.07. The average molecular weight is 248 g/mol. The second kappa shape index (κ2) is 4.45. The fraction of sp³-hybridized carbons (Fsp3) is 0.600. The van der Waals surface area contributed by atoms with Crippen molar-refractivity contribution in [2.45, 2.75) is 32.6 Å². The SMILES string of the molecule is CC1CCC2(CC1)CNc1cccc(F)c1NC2. The van der Waals surface area contributed by atoms with Gasteiger partial charge in [-0.25, -0.2) is 4.39 Å². The van der Waals surface area contributed by atoms with Crippen LogP contribution in [0, 0.1) is 17.2 Å². The molecule has 0 bridgehead atoms. The maximum atomic E-state index is 13.8. The molecule has 1 heterocycles. The molecule has 1 saturated carbocycles. The van der Waals surface area contributed by atoms with E-state index >= 15 is 0 Å². The number of benzene rings is 1. The van der Waals surface area contributed by atoms with Crippen molar-refractivity contribution < 1.29 is 4.39 Å². The van der Waals surface area contributed by atoms with Gasteiger partial charge >= 0.3 is 0 Å². The standard InChI is InChI=1S/C15H21FN2/c1-11-5-7-15(8-6-11)9-17-13-4-2-3-12(16)14(13)18-10-15/h2-4,11,17-18H,5-10H2,1H3. The van der Waals surface area contributed by atoms with E-state index < -0.39 is 0 Å². The third-order valence-corrected chi connectivity index (χ3v) is 4.64. The van der Waals surface area contributed by atoms with Gasteiger partial charge in [0, 0.05) is 18.5 Å². The third kappa shape index (κ3) is 2.06. The Morgan fingerprint density at radius 3 is 2.67 bits per heavy atom. The first-order chi connectivity index (χ1) is 8.69. The van der Waals surface area contributed by atoms with Gasteiger partial charge in [0.2, 0.25) is 0 Å². The average Bonchev–Trinajstić information content (AvgIpc) is 2.56. The number of fused-ring (bicyclic) bond motifs is 1. The molecule has 0 atom stereocenters. The van der Waals surface area contributed by atoms with Gasteiger partial charge in [0.05, 0.1) is 11.4 Å². The van der Waals surface area contributed by atoms with E-state index in [-0.39, 0.29) is 5.82 Å². The maximum absolute atomic E-state index is 13.8. The minimum absolute atomic E-state index is 0.152. The second-order valence-electron chi connectivity index (χ2n) is 6.05. The Labute approximate surface area is 108 Å². The van der Waals surface area contributed by atoms with E-state index in [2.05, 4.69) is 17.6 Å². The molecule has 0 radical (unpaired) electrons. The lowest BCUT2D eigenvalue weighted by atomic mass is 9.71. The monoisotopic (exact) mass is 248 g/mol. The largest absolute Gasteiger partial charge is 0.383 e. The zero-order chi connectivity index (χ0) is 12.6. The Balaban J connectivity index is 1.80. The van der Waals surface area contributed by atoms with E-state index in [0.717, 1.165) is 24.7 Å². The number of nitrogens with one attached hydrogen (secondary N) is 2. The Kier molecular flexibility index (Phi) is 2.92. The van der Waals surface area contributed by atoms with E-state index in [0.29, 0.717) is 11.1 Å². The van der Waals surface area contributed by atoms with E-state index in [1.807, 2.05) is 6.07 Å². The molecule has 2 nitrogen and oxygen atoms in total. The van der Waals surface area contributed by atoms with Crippen LogP contribution in [-0.2, 0) is 0 Å². The van der Waals surface area contributed by atoms with Crippen molar-refractivity contribution in [1.29, 1.82) is 0 Å². The molecule has 1 spiro atoms. The molecule has 1 aromatic rings. The molecule has 0 unspecified atom stereocenters. The van der Waals surface area contributed by atoms with Crippen molar-refractivity contribution in [3.63, 3.8) is 0 Å². The lowest BCUT2D eigenvalue weighted by Gasteiger charge is -2.38. The molecule has 0 saturated heterocycles. The Morgan fingerprint density at radius 2 is 1.89 bits per heavy atom. The predicted molar refractivity (Wildman–Crippen MR) is 73.4 cm³/mol. The molecule has 18 heavy (non-hydrogen) atoms. The second-order valence-corrected chi connectivity index (χ2v) is 6.05. The first-order valence-corrected chi connectivity index (χ1v) is 6.95. The molecule has 1 fully saturated rings. The van der Waals surface area contributed by atoms with Gasteiger partial charge < -0.3 is 10.6 Å². The molecule has 2 N–H and O–H groups in total. The van der Waals surface area contributed by atoms with Crippen LogP contribution in [0.3, 0.4) is 0 Å². The molecule has 2 aliphatic rings. The van der Waals surface area contributed by atoms with Crippen LogP contribution >= 0.6 is 0 Å². The Morgan fingerprint density at radius 1 is 1.17 bits per heavy atom. The summed E-state index contributed by atoms with van der Waals surface area (Å²) in [5, 5.41) is 6.77. The van der Waals surface area contributed by atoms with Gasteiger partial charge in [0.25, 0.3) is 0 Å². The van der Waals surface area contributed by atoms with E-state index in [9.17, 15) is 4.39 Å². The summed E-state index contributed by atoms with van der Waals surface area (Å²) in [7, 11) is 0. The fourth-order valence-corrected chi connectivity index (χ4v) is 3.20. The minimum Gasteiger partial charge on any atom is -0.383 e. The van der Waals surface area contributed by atoms with Gasteiger partial charge in [0.1, 0.15) is 5.82 Å². The first kappa shape index (κ1) is 11.8. The van der Waals surface area contributed by atoms with E-state index in [1.165, 1.54) is 31.7 Å². The summed E-state index contributed by atoms with van der Waals surface area (Å²) >= 11 is 0. The quantitative estimate of drug-likeness (QED) is 0.728. The number of rotatable bonds is 0. The lowest BCUT2D eigenvalue weighted by molar-refractivity contribution is 0.185. The molecule has 3 heteroatoms. The molecule has 1 aromatic carbocycles. The fourth-order valence-electron chi connectivity index (χ4n) is 3.20. The van der Waals surface area contributed by atoms with Crippen LogP contribution in [-0.4, -0.2) is 13.1 Å². The lowest BCUT2D eigenvalue weighted by Crippen LogP contribution is -2.38. The van der Waals surface area contributed by atoms with Gasteiger partial charge in [0.15, 0.2) is 0 Å². The van der Waals surface area contributed by atoms with Crippen LogP contribution in [0.15, 0.2) is 18.2 Å². The molecular weight excluding hydrogens is 227 g/mol. The van der Waals surface area contributed by atoms with Crippen molar-refractivity contribution in [3.8, 4) is 0 Å². The van der Waals surface area contributed by atoms with E-state index in [1.54, 1.807) is 6.07 Å². The summed E-state index contributed by atoms with van der Waals surface area (Å²) in [6, 6.07) is 5.24. The summed E-state index contributed by atoms with van der Waals surface area (Å²) in [5.41, 5.74) is 1.86. The van der Waals surface area contributed by atoms with Crippen molar-refractivity contribution in [3.05, 3.63) is 24.0 Å². The van der Waals surface area contributed by atoms with Crippen LogP contribution in [0.25, 0.3) is 0 Å². The van der Waals surface area contributed by atoms with Gasteiger partial charge in [-0.1, -0.05) is 25.8 Å². The highest BCUT2D eigenvalue weighted by Gasteiger charge is 2.35. The van der Waals surface area contributed by atoms with Crippen LogP contribution < -0.4 is 10.6 Å². The van der Waals surface area contributed by atoms with E-state index in [4.69, 9.17) is 0 Å².